The van der Waals surface area contributed by atoms with E-state index >= 15 is 0 Å². The maximum absolute atomic E-state index is 5.89. The third-order valence-corrected chi connectivity index (χ3v) is 2.83. The standard InChI is InChI=1S/C10H12ClN/c11-8-4-5-10(12)9(6-8)7-2-1-3-7/h4-7H,1-3,12H2. The van der Waals surface area contributed by atoms with Crippen LogP contribution in [0.15, 0.2) is 18.2 Å². The summed E-state index contributed by atoms with van der Waals surface area (Å²) < 4.78 is 0. The number of hydrogen-bond acceptors (Lipinski definition) is 1. The van der Waals surface area contributed by atoms with E-state index in [2.05, 4.69) is 0 Å². The summed E-state index contributed by atoms with van der Waals surface area (Å²) in [7, 11) is 0. The van der Waals surface area contributed by atoms with E-state index in [1.54, 1.807) is 0 Å². The molecule has 0 saturated heterocycles. The third-order valence-electron chi connectivity index (χ3n) is 2.59. The van der Waals surface area contributed by atoms with Crippen molar-refractivity contribution < 1.29 is 0 Å². The van der Waals surface area contributed by atoms with Crippen molar-refractivity contribution in [2.24, 2.45) is 0 Å². The number of anilines is 1. The summed E-state index contributed by atoms with van der Waals surface area (Å²) in [5.74, 6) is 0.670. The van der Waals surface area contributed by atoms with Crippen LogP contribution in [-0.4, -0.2) is 0 Å². The molecule has 0 amide bonds. The second-order valence-electron chi connectivity index (χ2n) is 3.40. The minimum atomic E-state index is 0.670. The van der Waals surface area contributed by atoms with E-state index in [1.165, 1.54) is 24.8 Å². The summed E-state index contributed by atoms with van der Waals surface area (Å²) in [6.45, 7) is 0. The van der Waals surface area contributed by atoms with Gasteiger partial charge in [-0.3, -0.25) is 0 Å². The van der Waals surface area contributed by atoms with Crippen molar-refractivity contribution in [1.29, 1.82) is 0 Å². The highest BCUT2D eigenvalue weighted by molar-refractivity contribution is 6.30. The summed E-state index contributed by atoms with van der Waals surface area (Å²) in [5.41, 5.74) is 7.98. The van der Waals surface area contributed by atoms with Crippen molar-refractivity contribution in [2.45, 2.75) is 25.2 Å². The van der Waals surface area contributed by atoms with Crippen molar-refractivity contribution in [3.05, 3.63) is 28.8 Å². The first-order valence-corrected chi connectivity index (χ1v) is 4.70. The zero-order valence-electron chi connectivity index (χ0n) is 6.89. The van der Waals surface area contributed by atoms with Gasteiger partial charge in [0, 0.05) is 10.7 Å². The van der Waals surface area contributed by atoms with Gasteiger partial charge in [-0.25, -0.2) is 0 Å². The zero-order valence-corrected chi connectivity index (χ0v) is 7.64. The normalized spacial score (nSPS) is 17.4. The third kappa shape index (κ3) is 1.29. The topological polar surface area (TPSA) is 26.0 Å². The van der Waals surface area contributed by atoms with Gasteiger partial charge in [0.05, 0.1) is 0 Å². The molecule has 0 atom stereocenters. The second kappa shape index (κ2) is 2.98. The van der Waals surface area contributed by atoms with Crippen LogP contribution in [0.25, 0.3) is 0 Å². The van der Waals surface area contributed by atoms with Gasteiger partial charge in [-0.15, -0.1) is 0 Å². The van der Waals surface area contributed by atoms with Crippen molar-refractivity contribution >= 4 is 17.3 Å². The molecule has 2 rings (SSSR count). The summed E-state index contributed by atoms with van der Waals surface area (Å²) in [6, 6.07) is 5.75. The number of benzene rings is 1. The van der Waals surface area contributed by atoms with Gasteiger partial charge in [0.2, 0.25) is 0 Å². The Balaban J connectivity index is 2.34. The lowest BCUT2D eigenvalue weighted by Gasteiger charge is -2.27. The van der Waals surface area contributed by atoms with Crippen molar-refractivity contribution in [3.63, 3.8) is 0 Å². The van der Waals surface area contributed by atoms with Crippen LogP contribution in [0.3, 0.4) is 0 Å². The van der Waals surface area contributed by atoms with Crippen LogP contribution < -0.4 is 5.73 Å². The highest BCUT2D eigenvalue weighted by Gasteiger charge is 2.21. The Morgan fingerprint density at radius 1 is 1.33 bits per heavy atom. The SMILES string of the molecule is Nc1ccc(Cl)cc1C1CCC1. The minimum absolute atomic E-state index is 0.670. The fraction of sp³-hybridized carbons (Fsp3) is 0.400. The second-order valence-corrected chi connectivity index (χ2v) is 3.84. The first kappa shape index (κ1) is 7.93. The lowest BCUT2D eigenvalue weighted by Crippen LogP contribution is -2.10. The molecule has 1 fully saturated rings. The smallest absolute Gasteiger partial charge is 0.0410 e. The van der Waals surface area contributed by atoms with E-state index in [0.29, 0.717) is 5.92 Å². The minimum Gasteiger partial charge on any atom is -0.398 e. The van der Waals surface area contributed by atoms with Crippen molar-refractivity contribution in [3.8, 4) is 0 Å². The molecule has 12 heavy (non-hydrogen) atoms. The van der Waals surface area contributed by atoms with Gasteiger partial charge in [-0.05, 0) is 42.5 Å². The van der Waals surface area contributed by atoms with Gasteiger partial charge in [0.25, 0.3) is 0 Å². The molecule has 2 N–H and O–H groups in total. The predicted molar refractivity (Wildman–Crippen MR) is 52.5 cm³/mol. The van der Waals surface area contributed by atoms with Crippen LogP contribution in [0.5, 0.6) is 0 Å². The largest absolute Gasteiger partial charge is 0.398 e. The van der Waals surface area contributed by atoms with Crippen LogP contribution in [0.4, 0.5) is 5.69 Å². The predicted octanol–water partition coefficient (Wildman–Crippen LogP) is 3.19. The van der Waals surface area contributed by atoms with Crippen LogP contribution in [0.1, 0.15) is 30.7 Å². The van der Waals surface area contributed by atoms with Crippen LogP contribution in [0, 0.1) is 0 Å². The molecule has 1 aromatic carbocycles. The molecule has 1 nitrogen and oxygen atoms in total. The number of nitrogens with two attached hydrogens (primary N) is 1. The molecule has 0 aromatic heterocycles. The van der Waals surface area contributed by atoms with Gasteiger partial charge in [-0.2, -0.15) is 0 Å². The number of nitrogen functional groups attached to an aromatic ring is 1. The van der Waals surface area contributed by atoms with Gasteiger partial charge in [0.15, 0.2) is 0 Å². The molecule has 0 radical (unpaired) electrons. The Hall–Kier alpha value is -0.690. The van der Waals surface area contributed by atoms with E-state index < -0.39 is 0 Å². The number of halogens is 1. The molecule has 1 aromatic rings. The van der Waals surface area contributed by atoms with E-state index in [1.807, 2.05) is 18.2 Å². The highest BCUT2D eigenvalue weighted by atomic mass is 35.5. The van der Waals surface area contributed by atoms with E-state index in [9.17, 15) is 0 Å². The average Bonchev–Trinajstić information content (AvgIpc) is 1.93. The molecular weight excluding hydrogens is 170 g/mol. The monoisotopic (exact) mass is 181 g/mol. The fourth-order valence-electron chi connectivity index (χ4n) is 1.62. The van der Waals surface area contributed by atoms with E-state index in [0.717, 1.165) is 10.7 Å². The quantitative estimate of drug-likeness (QED) is 0.662. The molecule has 1 aliphatic carbocycles. The Morgan fingerprint density at radius 2 is 2.08 bits per heavy atom. The van der Waals surface area contributed by atoms with Gasteiger partial charge >= 0.3 is 0 Å². The first-order chi connectivity index (χ1) is 5.77. The lowest BCUT2D eigenvalue weighted by atomic mass is 9.79. The molecule has 2 heteroatoms. The zero-order chi connectivity index (χ0) is 8.55. The highest BCUT2D eigenvalue weighted by Crippen LogP contribution is 2.39. The molecule has 0 unspecified atom stereocenters. The maximum atomic E-state index is 5.89. The molecule has 64 valence electrons. The molecule has 0 heterocycles. The maximum Gasteiger partial charge on any atom is 0.0410 e. The van der Waals surface area contributed by atoms with E-state index in [-0.39, 0.29) is 0 Å². The summed E-state index contributed by atoms with van der Waals surface area (Å²) in [4.78, 5) is 0. The summed E-state index contributed by atoms with van der Waals surface area (Å²) >= 11 is 5.89. The first-order valence-electron chi connectivity index (χ1n) is 4.32. The van der Waals surface area contributed by atoms with Crippen LogP contribution >= 0.6 is 11.6 Å². The molecule has 0 spiro atoms. The molecule has 0 bridgehead atoms. The molecule has 1 aliphatic rings. The Bertz CT molecular complexity index is 292. The summed E-state index contributed by atoms with van der Waals surface area (Å²) in [6.07, 6.45) is 3.87. The summed E-state index contributed by atoms with van der Waals surface area (Å²) in [5, 5.41) is 0.797. The van der Waals surface area contributed by atoms with Crippen molar-refractivity contribution in [1.82, 2.24) is 0 Å². The number of hydrogen-bond donors (Lipinski definition) is 1. The molecular formula is C10H12ClN. The van der Waals surface area contributed by atoms with Crippen LogP contribution in [0.2, 0.25) is 5.02 Å². The van der Waals surface area contributed by atoms with Crippen LogP contribution in [-0.2, 0) is 0 Å². The Morgan fingerprint density at radius 3 is 2.67 bits per heavy atom. The lowest BCUT2D eigenvalue weighted by molar-refractivity contribution is 0.421. The van der Waals surface area contributed by atoms with Gasteiger partial charge in [-0.1, -0.05) is 18.0 Å². The number of rotatable bonds is 1. The van der Waals surface area contributed by atoms with Gasteiger partial charge < -0.3 is 5.73 Å². The molecule has 1 saturated carbocycles. The van der Waals surface area contributed by atoms with E-state index in [4.69, 9.17) is 17.3 Å². The Labute approximate surface area is 77.5 Å². The average molecular weight is 182 g/mol. The Kier molecular flexibility index (Phi) is 1.97. The fourth-order valence-corrected chi connectivity index (χ4v) is 1.80. The van der Waals surface area contributed by atoms with Crippen molar-refractivity contribution in [2.75, 3.05) is 5.73 Å². The molecule has 0 aliphatic heterocycles. The van der Waals surface area contributed by atoms with Gasteiger partial charge in [0.1, 0.15) is 0 Å².